The predicted octanol–water partition coefficient (Wildman–Crippen LogP) is 5.51. The molecule has 10 heteroatoms. The van der Waals surface area contributed by atoms with Crippen molar-refractivity contribution in [3.8, 4) is 11.5 Å². The second kappa shape index (κ2) is 12.8. The van der Waals surface area contributed by atoms with E-state index in [1.807, 2.05) is 42.6 Å². The summed E-state index contributed by atoms with van der Waals surface area (Å²) in [5, 5.41) is 1.53. The van der Waals surface area contributed by atoms with Gasteiger partial charge in [-0.3, -0.25) is 4.79 Å². The minimum absolute atomic E-state index is 0.0867. The maximum absolute atomic E-state index is 13.8. The van der Waals surface area contributed by atoms with Gasteiger partial charge in [0, 0.05) is 41.3 Å². The highest BCUT2D eigenvalue weighted by Crippen LogP contribution is 2.28. The number of aromatic nitrogens is 1. The molecule has 40 heavy (non-hydrogen) atoms. The fraction of sp³-hybridized carbons (Fsp3) is 0.300. The topological polar surface area (TPSA) is 91.9 Å². The molecular weight excluding hydrogens is 550 g/mol. The van der Waals surface area contributed by atoms with Crippen LogP contribution in [0.1, 0.15) is 25.0 Å². The molecule has 212 valence electrons. The Hall–Kier alpha value is -3.53. The van der Waals surface area contributed by atoms with E-state index in [1.54, 1.807) is 39.0 Å². The van der Waals surface area contributed by atoms with E-state index in [9.17, 15) is 13.2 Å². The molecule has 3 aromatic carbocycles. The van der Waals surface area contributed by atoms with Crippen molar-refractivity contribution in [2.75, 3.05) is 27.3 Å². The number of aromatic amines is 1. The highest BCUT2D eigenvalue weighted by molar-refractivity contribution is 7.89. The van der Waals surface area contributed by atoms with Crippen LogP contribution in [0.25, 0.3) is 10.9 Å². The number of H-pyrrole nitrogens is 1. The number of rotatable bonds is 12. The van der Waals surface area contributed by atoms with Crippen molar-refractivity contribution in [2.45, 2.75) is 37.8 Å². The zero-order chi connectivity index (χ0) is 28.9. The van der Waals surface area contributed by atoms with Crippen molar-refractivity contribution < 1.29 is 22.7 Å². The number of halogens is 1. The van der Waals surface area contributed by atoms with Crippen molar-refractivity contribution >= 4 is 38.4 Å². The van der Waals surface area contributed by atoms with Crippen LogP contribution in [0.3, 0.4) is 0 Å². The van der Waals surface area contributed by atoms with E-state index in [4.69, 9.17) is 21.1 Å². The molecule has 0 aliphatic rings. The number of benzene rings is 3. The Kier molecular flexibility index (Phi) is 9.40. The Morgan fingerprint density at radius 1 is 0.975 bits per heavy atom. The number of methoxy groups -OCH3 is 2. The first-order chi connectivity index (χ1) is 19.1. The van der Waals surface area contributed by atoms with E-state index >= 15 is 0 Å². The van der Waals surface area contributed by atoms with Gasteiger partial charge in [-0.25, -0.2) is 8.42 Å². The summed E-state index contributed by atoms with van der Waals surface area (Å²) >= 11 is 5.97. The first-order valence-electron chi connectivity index (χ1n) is 12.9. The number of amides is 1. The van der Waals surface area contributed by atoms with Crippen LogP contribution in [0, 0.1) is 0 Å². The van der Waals surface area contributed by atoms with Gasteiger partial charge in [-0.1, -0.05) is 35.9 Å². The van der Waals surface area contributed by atoms with Gasteiger partial charge in [0.05, 0.1) is 25.7 Å². The van der Waals surface area contributed by atoms with Crippen molar-refractivity contribution in [3.63, 3.8) is 0 Å². The van der Waals surface area contributed by atoms with Gasteiger partial charge in [-0.05, 0) is 73.9 Å². The van der Waals surface area contributed by atoms with Crippen LogP contribution in [-0.4, -0.2) is 61.9 Å². The number of para-hydroxylation sites is 1. The molecule has 0 aliphatic heterocycles. The second-order valence-electron chi connectivity index (χ2n) is 9.71. The van der Waals surface area contributed by atoms with Crippen molar-refractivity contribution in [1.29, 1.82) is 0 Å². The quantitative estimate of drug-likeness (QED) is 0.237. The molecule has 0 bridgehead atoms. The third-order valence-corrected chi connectivity index (χ3v) is 9.08. The second-order valence-corrected chi connectivity index (χ2v) is 12.0. The van der Waals surface area contributed by atoms with Gasteiger partial charge in [0.2, 0.25) is 15.9 Å². The monoisotopic (exact) mass is 583 g/mol. The third-order valence-electron chi connectivity index (χ3n) is 6.79. The van der Waals surface area contributed by atoms with E-state index < -0.39 is 16.1 Å². The zero-order valence-corrected chi connectivity index (χ0v) is 24.6. The van der Waals surface area contributed by atoms with Crippen LogP contribution in [0.4, 0.5) is 0 Å². The lowest BCUT2D eigenvalue weighted by Crippen LogP contribution is -2.46. The number of fused-ring (bicyclic) bond motifs is 1. The molecule has 0 spiro atoms. The molecule has 0 saturated carbocycles. The lowest BCUT2D eigenvalue weighted by molar-refractivity contribution is -0.132. The number of ether oxygens (including phenoxy) is 2. The largest absolute Gasteiger partial charge is 0.493 e. The lowest BCUT2D eigenvalue weighted by Gasteiger charge is -2.29. The van der Waals surface area contributed by atoms with Crippen molar-refractivity contribution in [3.05, 3.63) is 89.1 Å². The van der Waals surface area contributed by atoms with Crippen LogP contribution in [-0.2, 0) is 27.8 Å². The summed E-state index contributed by atoms with van der Waals surface area (Å²) in [5.74, 6) is 0.835. The molecule has 1 heterocycles. The molecule has 0 fully saturated rings. The fourth-order valence-corrected chi connectivity index (χ4v) is 6.32. The summed E-state index contributed by atoms with van der Waals surface area (Å²) in [6.07, 6.45) is 2.55. The molecule has 1 amide bonds. The Labute approximate surface area is 240 Å². The van der Waals surface area contributed by atoms with Crippen LogP contribution < -0.4 is 9.47 Å². The summed E-state index contributed by atoms with van der Waals surface area (Å²) in [4.78, 5) is 18.9. The average Bonchev–Trinajstić information content (AvgIpc) is 3.36. The minimum atomic E-state index is -3.94. The van der Waals surface area contributed by atoms with Crippen LogP contribution in [0.2, 0.25) is 5.02 Å². The summed E-state index contributed by atoms with van der Waals surface area (Å²) in [6.45, 7) is 3.87. The molecule has 0 atom stereocenters. The van der Waals surface area contributed by atoms with E-state index in [0.29, 0.717) is 29.5 Å². The SMILES string of the molecule is COc1ccc(CN(CCc2c[nH]c3ccccc23)C(=O)CN(C(C)C)S(=O)(=O)c2ccc(Cl)cc2)cc1OC. The molecule has 0 saturated heterocycles. The maximum Gasteiger partial charge on any atom is 0.243 e. The summed E-state index contributed by atoms with van der Waals surface area (Å²) in [6, 6.07) is 19.0. The number of carbonyl (C=O) groups is 1. The Bertz CT molecular complexity index is 1570. The van der Waals surface area contributed by atoms with Crippen LogP contribution in [0.5, 0.6) is 11.5 Å². The van der Waals surface area contributed by atoms with Crippen LogP contribution in [0.15, 0.2) is 77.8 Å². The van der Waals surface area contributed by atoms with Gasteiger partial charge >= 0.3 is 0 Å². The van der Waals surface area contributed by atoms with E-state index in [2.05, 4.69) is 4.98 Å². The smallest absolute Gasteiger partial charge is 0.243 e. The first-order valence-corrected chi connectivity index (χ1v) is 14.8. The Morgan fingerprint density at radius 3 is 2.35 bits per heavy atom. The Morgan fingerprint density at radius 2 is 1.68 bits per heavy atom. The predicted molar refractivity (Wildman–Crippen MR) is 157 cm³/mol. The number of sulfonamides is 1. The average molecular weight is 584 g/mol. The molecule has 0 unspecified atom stereocenters. The van der Waals surface area contributed by atoms with Gasteiger partial charge in [-0.2, -0.15) is 4.31 Å². The molecule has 1 aromatic heterocycles. The van der Waals surface area contributed by atoms with Gasteiger partial charge in [0.1, 0.15) is 0 Å². The molecule has 4 aromatic rings. The van der Waals surface area contributed by atoms with E-state index in [0.717, 1.165) is 22.0 Å². The van der Waals surface area contributed by atoms with E-state index in [1.165, 1.54) is 28.6 Å². The van der Waals surface area contributed by atoms with Gasteiger partial charge in [-0.15, -0.1) is 0 Å². The number of carbonyl (C=O) groups excluding carboxylic acids is 1. The molecule has 4 rings (SSSR count). The Balaban J connectivity index is 1.62. The van der Waals surface area contributed by atoms with Gasteiger partial charge < -0.3 is 19.4 Å². The van der Waals surface area contributed by atoms with Crippen molar-refractivity contribution in [1.82, 2.24) is 14.2 Å². The molecule has 1 N–H and O–H groups in total. The number of hydrogen-bond acceptors (Lipinski definition) is 5. The first kappa shape index (κ1) is 29.5. The van der Waals surface area contributed by atoms with Crippen LogP contribution >= 0.6 is 11.6 Å². The third kappa shape index (κ3) is 6.60. The summed E-state index contributed by atoms with van der Waals surface area (Å²) in [7, 11) is -0.815. The van der Waals surface area contributed by atoms with Crippen molar-refractivity contribution in [2.24, 2.45) is 0 Å². The summed E-state index contributed by atoms with van der Waals surface area (Å²) < 4.78 is 39.1. The number of hydrogen-bond donors (Lipinski definition) is 1. The standard InChI is InChI=1S/C30H34ClN3O5S/c1-21(2)34(40(36,37)25-12-10-24(31)11-13-25)20-30(35)33(19-22-9-14-28(38-3)29(17-22)39-4)16-15-23-18-32-27-8-6-5-7-26(23)27/h5-14,17-18,21,32H,15-16,19-20H2,1-4H3. The fourth-order valence-electron chi connectivity index (χ4n) is 4.61. The summed E-state index contributed by atoms with van der Waals surface area (Å²) in [5.41, 5.74) is 2.94. The minimum Gasteiger partial charge on any atom is -0.493 e. The highest BCUT2D eigenvalue weighted by atomic mass is 35.5. The highest BCUT2D eigenvalue weighted by Gasteiger charge is 2.31. The molecule has 8 nitrogen and oxygen atoms in total. The van der Waals surface area contributed by atoms with E-state index in [-0.39, 0.29) is 23.9 Å². The lowest BCUT2D eigenvalue weighted by atomic mass is 10.1. The molecular formula is C30H34ClN3O5S. The molecule has 0 aliphatic carbocycles. The normalized spacial score (nSPS) is 11.8. The maximum atomic E-state index is 13.8. The number of nitrogens with zero attached hydrogens (tertiary/aromatic N) is 2. The zero-order valence-electron chi connectivity index (χ0n) is 23.1. The molecule has 0 radical (unpaired) electrons. The number of nitrogens with one attached hydrogen (secondary N) is 1. The van der Waals surface area contributed by atoms with Gasteiger partial charge in [0.25, 0.3) is 0 Å². The van der Waals surface area contributed by atoms with Gasteiger partial charge in [0.15, 0.2) is 11.5 Å².